The minimum atomic E-state index is -1.05. The first kappa shape index (κ1) is 8.47. The van der Waals surface area contributed by atoms with Crippen molar-refractivity contribution < 1.29 is 9.13 Å². The lowest BCUT2D eigenvalue weighted by Gasteiger charge is -1.99. The van der Waals surface area contributed by atoms with Gasteiger partial charge in [0.15, 0.2) is 4.58 Å². The average Bonchev–Trinajstić information content (AvgIpc) is 2.41. The largest absolute Gasteiger partial charge is 0.382 e. The summed E-state index contributed by atoms with van der Waals surface area (Å²) >= 11 is 2.98. The zero-order valence-corrected chi connectivity index (χ0v) is 7.66. The molecule has 0 amide bonds. The minimum Gasteiger partial charge on any atom is -0.382 e. The van der Waals surface area contributed by atoms with E-state index in [1.807, 2.05) is 6.92 Å². The summed E-state index contributed by atoms with van der Waals surface area (Å²) in [5.74, 6) is 0.194. The van der Waals surface area contributed by atoms with E-state index in [1.54, 1.807) is 0 Å². The predicted molar refractivity (Wildman–Crippen MR) is 42.0 cm³/mol. The Bertz CT molecular complexity index is 116. The third-order valence-corrected chi connectivity index (χ3v) is 2.74. The Kier molecular flexibility index (Phi) is 2.69. The van der Waals surface area contributed by atoms with E-state index in [4.69, 9.17) is 4.74 Å². The third-order valence-electron chi connectivity index (χ3n) is 1.77. The van der Waals surface area contributed by atoms with Crippen molar-refractivity contribution in [3.05, 3.63) is 0 Å². The van der Waals surface area contributed by atoms with Gasteiger partial charge in [0.2, 0.25) is 0 Å². The second-order valence-corrected chi connectivity index (χ2v) is 3.97. The number of halogens is 2. The summed E-state index contributed by atoms with van der Waals surface area (Å²) in [6.07, 6.45) is 1.50. The summed E-state index contributed by atoms with van der Waals surface area (Å²) in [5.41, 5.74) is 0. The first-order valence-electron chi connectivity index (χ1n) is 3.62. The van der Waals surface area contributed by atoms with Gasteiger partial charge in [0.1, 0.15) is 0 Å². The molecule has 1 aliphatic rings. The van der Waals surface area contributed by atoms with Crippen LogP contribution in [0, 0.1) is 5.92 Å². The number of hydrogen-bond acceptors (Lipinski definition) is 1. The number of rotatable bonds is 4. The SMILES string of the molecule is CCOCCC1CC1(F)Br. The molecule has 3 heteroatoms. The van der Waals surface area contributed by atoms with Crippen molar-refractivity contribution in [2.45, 2.75) is 24.3 Å². The Morgan fingerprint density at radius 3 is 2.80 bits per heavy atom. The second-order valence-electron chi connectivity index (χ2n) is 2.65. The molecule has 2 unspecified atom stereocenters. The van der Waals surface area contributed by atoms with Crippen LogP contribution in [0.2, 0.25) is 0 Å². The van der Waals surface area contributed by atoms with Gasteiger partial charge in [-0.15, -0.1) is 0 Å². The number of ether oxygens (including phenoxy) is 1. The van der Waals surface area contributed by atoms with Crippen molar-refractivity contribution in [3.8, 4) is 0 Å². The summed E-state index contributed by atoms with van der Waals surface area (Å²) in [5, 5.41) is 0. The molecular formula is C7H12BrFO. The van der Waals surface area contributed by atoms with E-state index >= 15 is 0 Å². The van der Waals surface area contributed by atoms with Crippen molar-refractivity contribution in [1.82, 2.24) is 0 Å². The molecule has 60 valence electrons. The first-order valence-corrected chi connectivity index (χ1v) is 4.41. The maximum absolute atomic E-state index is 12.8. The number of hydrogen-bond donors (Lipinski definition) is 0. The number of alkyl halides is 2. The first-order chi connectivity index (χ1) is 4.67. The van der Waals surface area contributed by atoms with Gasteiger partial charge in [0.25, 0.3) is 0 Å². The van der Waals surface area contributed by atoms with E-state index in [2.05, 4.69) is 15.9 Å². The monoisotopic (exact) mass is 210 g/mol. The third kappa shape index (κ3) is 2.20. The average molecular weight is 211 g/mol. The van der Waals surface area contributed by atoms with Crippen molar-refractivity contribution >= 4 is 15.9 Å². The van der Waals surface area contributed by atoms with Crippen LogP contribution in [-0.4, -0.2) is 17.8 Å². The fourth-order valence-corrected chi connectivity index (χ4v) is 1.57. The lowest BCUT2D eigenvalue weighted by atomic mass is 10.3. The molecule has 1 fully saturated rings. The fourth-order valence-electron chi connectivity index (χ4n) is 0.953. The molecule has 0 heterocycles. The lowest BCUT2D eigenvalue weighted by molar-refractivity contribution is 0.138. The summed E-state index contributed by atoms with van der Waals surface area (Å²) in [6.45, 7) is 3.37. The van der Waals surface area contributed by atoms with E-state index in [0.29, 0.717) is 13.0 Å². The maximum atomic E-state index is 12.8. The summed E-state index contributed by atoms with van der Waals surface area (Å²) in [7, 11) is 0. The van der Waals surface area contributed by atoms with Gasteiger partial charge < -0.3 is 4.74 Å². The normalized spacial score (nSPS) is 38.1. The van der Waals surface area contributed by atoms with Gasteiger partial charge >= 0.3 is 0 Å². The Morgan fingerprint density at radius 2 is 2.40 bits per heavy atom. The zero-order valence-electron chi connectivity index (χ0n) is 6.07. The molecule has 2 atom stereocenters. The Balaban J connectivity index is 1.97. The van der Waals surface area contributed by atoms with Crippen molar-refractivity contribution in [3.63, 3.8) is 0 Å². The molecule has 0 radical (unpaired) electrons. The van der Waals surface area contributed by atoms with E-state index in [1.165, 1.54) is 0 Å². The van der Waals surface area contributed by atoms with Crippen LogP contribution < -0.4 is 0 Å². The lowest BCUT2D eigenvalue weighted by Crippen LogP contribution is -1.98. The molecule has 0 aromatic rings. The molecule has 0 spiro atoms. The summed E-state index contributed by atoms with van der Waals surface area (Å²) in [6, 6.07) is 0. The second kappa shape index (κ2) is 3.18. The molecule has 0 N–H and O–H groups in total. The molecule has 10 heavy (non-hydrogen) atoms. The maximum Gasteiger partial charge on any atom is 0.168 e. The van der Waals surface area contributed by atoms with Crippen LogP contribution in [0.25, 0.3) is 0 Å². The molecule has 0 aromatic heterocycles. The molecule has 1 saturated carbocycles. The molecule has 0 bridgehead atoms. The van der Waals surface area contributed by atoms with Crippen molar-refractivity contribution in [1.29, 1.82) is 0 Å². The van der Waals surface area contributed by atoms with Gasteiger partial charge in [-0.25, -0.2) is 4.39 Å². The topological polar surface area (TPSA) is 9.23 Å². The van der Waals surface area contributed by atoms with Gasteiger partial charge in [0, 0.05) is 19.1 Å². The van der Waals surface area contributed by atoms with E-state index in [-0.39, 0.29) is 5.92 Å². The van der Waals surface area contributed by atoms with Gasteiger partial charge in [-0.1, -0.05) is 0 Å². The molecule has 1 aliphatic carbocycles. The van der Waals surface area contributed by atoms with E-state index in [0.717, 1.165) is 13.0 Å². The molecule has 0 aliphatic heterocycles. The van der Waals surface area contributed by atoms with Crippen molar-refractivity contribution in [2.75, 3.05) is 13.2 Å². The van der Waals surface area contributed by atoms with Crippen LogP contribution in [0.5, 0.6) is 0 Å². The summed E-state index contributed by atoms with van der Waals surface area (Å²) < 4.78 is 16.8. The Morgan fingerprint density at radius 1 is 1.80 bits per heavy atom. The molecule has 0 saturated heterocycles. The van der Waals surface area contributed by atoms with Crippen LogP contribution in [0.15, 0.2) is 0 Å². The quantitative estimate of drug-likeness (QED) is 0.512. The van der Waals surface area contributed by atoms with Crippen LogP contribution >= 0.6 is 15.9 Å². The summed E-state index contributed by atoms with van der Waals surface area (Å²) in [4.78, 5) is 0. The van der Waals surface area contributed by atoms with Crippen LogP contribution in [0.4, 0.5) is 4.39 Å². The predicted octanol–water partition coefficient (Wildman–Crippen LogP) is 2.49. The van der Waals surface area contributed by atoms with Gasteiger partial charge in [-0.2, -0.15) is 0 Å². The zero-order chi connectivity index (χ0) is 7.61. The van der Waals surface area contributed by atoms with E-state index < -0.39 is 4.58 Å². The highest BCUT2D eigenvalue weighted by molar-refractivity contribution is 9.10. The van der Waals surface area contributed by atoms with Gasteiger partial charge in [-0.05, 0) is 35.7 Å². The van der Waals surface area contributed by atoms with Gasteiger partial charge in [0.05, 0.1) is 0 Å². The van der Waals surface area contributed by atoms with Crippen LogP contribution in [0.1, 0.15) is 19.8 Å². The smallest absolute Gasteiger partial charge is 0.168 e. The Hall–Kier alpha value is 0.370. The molecule has 1 nitrogen and oxygen atoms in total. The van der Waals surface area contributed by atoms with Crippen LogP contribution in [0.3, 0.4) is 0 Å². The van der Waals surface area contributed by atoms with Crippen LogP contribution in [-0.2, 0) is 4.74 Å². The van der Waals surface area contributed by atoms with Gasteiger partial charge in [-0.3, -0.25) is 0 Å². The highest BCUT2D eigenvalue weighted by Gasteiger charge is 2.52. The highest BCUT2D eigenvalue weighted by Crippen LogP contribution is 2.54. The van der Waals surface area contributed by atoms with Crippen molar-refractivity contribution in [2.24, 2.45) is 5.92 Å². The van der Waals surface area contributed by atoms with E-state index in [9.17, 15) is 4.39 Å². The standard InChI is InChI=1S/C7H12BrFO/c1-2-10-4-3-6-5-7(6,8)9/h6H,2-5H2,1H3. The fraction of sp³-hybridized carbons (Fsp3) is 1.00. The Labute approximate surface area is 69.1 Å². The molecule has 0 aromatic carbocycles. The minimum absolute atomic E-state index is 0.194. The highest BCUT2D eigenvalue weighted by atomic mass is 79.9. The molecule has 1 rings (SSSR count). The molecular weight excluding hydrogens is 199 g/mol.